The fourth-order valence-electron chi connectivity index (χ4n) is 6.82. The molecule has 0 spiro atoms. The molecule has 0 aliphatic carbocycles. The Labute approximate surface area is 291 Å². The van der Waals surface area contributed by atoms with Crippen LogP contribution in [0.3, 0.4) is 0 Å². The van der Waals surface area contributed by atoms with E-state index in [1.807, 2.05) is 0 Å². The van der Waals surface area contributed by atoms with Crippen LogP contribution in [-0.4, -0.2) is 35.5 Å². The first-order valence-electron chi connectivity index (χ1n) is 17.4. The monoisotopic (exact) mass is 662 g/mol. The number of ether oxygens (including phenoxy) is 2. The molecule has 0 unspecified atom stereocenters. The Morgan fingerprint density at radius 3 is 1.29 bits per heavy atom. The molecule has 7 rings (SSSR count). The predicted octanol–water partition coefficient (Wildman–Crippen LogP) is 12.0. The Morgan fingerprint density at radius 1 is 0.429 bits per heavy atom. The maximum absolute atomic E-state index is 7.21. The van der Waals surface area contributed by atoms with Crippen molar-refractivity contribution < 1.29 is 9.47 Å². The normalized spacial score (nSPS) is 11.7. The van der Waals surface area contributed by atoms with Gasteiger partial charge in [-0.2, -0.15) is 0 Å². The van der Waals surface area contributed by atoms with Gasteiger partial charge in [0.1, 0.15) is 23.0 Å². The summed E-state index contributed by atoms with van der Waals surface area (Å²) in [4.78, 5) is 0. The first-order chi connectivity index (χ1) is 24.1. The van der Waals surface area contributed by atoms with Crippen molar-refractivity contribution in [2.75, 3.05) is 26.2 Å². The Bertz CT molecular complexity index is 2090. The van der Waals surface area contributed by atoms with E-state index in [0.29, 0.717) is 0 Å². The van der Waals surface area contributed by atoms with Crippen LogP contribution in [0.2, 0.25) is 0 Å². The number of nitrogens with zero attached hydrogens (tertiary/aromatic N) is 2. The first kappa shape index (κ1) is 32.8. The van der Waals surface area contributed by atoms with Crippen LogP contribution >= 0.6 is 8.22 Å². The summed E-state index contributed by atoms with van der Waals surface area (Å²) in [6, 6.07) is 49.1. The molecular formula is C44H43N2O2P. The molecule has 4 nitrogen and oxygen atoms in total. The Morgan fingerprint density at radius 2 is 0.816 bits per heavy atom. The summed E-state index contributed by atoms with van der Waals surface area (Å²) in [5.74, 6) is 3.31. The lowest BCUT2D eigenvalue weighted by molar-refractivity contribution is 0.424. The summed E-state index contributed by atoms with van der Waals surface area (Å²) in [6.07, 6.45) is 0. The molecule has 7 aromatic carbocycles. The summed E-state index contributed by atoms with van der Waals surface area (Å²) in [5.41, 5.74) is 2.20. The quantitative estimate of drug-likeness (QED) is 0.122. The number of benzene rings is 7. The van der Waals surface area contributed by atoms with Crippen LogP contribution in [0, 0.1) is 0 Å². The number of hydrogen-bond acceptors (Lipinski definition) is 4. The largest absolute Gasteiger partial charge is 0.456 e. The highest BCUT2D eigenvalue weighted by molar-refractivity contribution is 7.61. The molecule has 0 aliphatic heterocycles. The van der Waals surface area contributed by atoms with Gasteiger partial charge in [-0.05, 0) is 56.9 Å². The van der Waals surface area contributed by atoms with Crippen LogP contribution in [0.15, 0.2) is 140 Å². The van der Waals surface area contributed by atoms with Crippen LogP contribution in [0.1, 0.15) is 27.7 Å². The zero-order valence-electron chi connectivity index (χ0n) is 28.8. The molecule has 0 bridgehead atoms. The standard InChI is InChI=1S/C44H43N2O2P/c1-5-45(6-2)49(46(7-3)8-4)44-42(47-40-28-16-22-33-19-10-13-25-38(33)40)30-35(37-27-15-21-32-18-9-12-24-36(32)37)31-43(44)48-41-29-17-23-34-20-11-14-26-39(34)41/h9-31H,5-8H2,1-4H3. The smallest absolute Gasteiger partial charge is 0.142 e. The number of fused-ring (bicyclic) bond motifs is 3. The van der Waals surface area contributed by atoms with Crippen molar-refractivity contribution in [3.8, 4) is 34.1 Å². The summed E-state index contributed by atoms with van der Waals surface area (Å²) >= 11 is 0. The van der Waals surface area contributed by atoms with Gasteiger partial charge in [-0.1, -0.05) is 143 Å². The molecule has 0 saturated heterocycles. The van der Waals surface area contributed by atoms with Crippen LogP contribution in [-0.2, 0) is 0 Å². The van der Waals surface area contributed by atoms with Gasteiger partial charge in [-0.3, -0.25) is 9.34 Å². The molecule has 0 atom stereocenters. The lowest BCUT2D eigenvalue weighted by atomic mass is 9.98. The van der Waals surface area contributed by atoms with Crippen LogP contribution in [0.25, 0.3) is 43.4 Å². The molecule has 0 fully saturated rings. The van der Waals surface area contributed by atoms with Crippen LogP contribution < -0.4 is 14.8 Å². The third-order valence-corrected chi connectivity index (χ3v) is 12.3. The summed E-state index contributed by atoms with van der Waals surface area (Å²) in [7, 11) is -1.00. The molecule has 0 amide bonds. The average Bonchev–Trinajstić information content (AvgIpc) is 3.15. The molecule has 5 heteroatoms. The van der Waals surface area contributed by atoms with E-state index in [0.717, 1.165) is 87.2 Å². The molecule has 0 aliphatic rings. The van der Waals surface area contributed by atoms with E-state index in [9.17, 15) is 0 Å². The van der Waals surface area contributed by atoms with Crippen molar-refractivity contribution in [3.63, 3.8) is 0 Å². The van der Waals surface area contributed by atoms with Crippen LogP contribution in [0.5, 0.6) is 23.0 Å². The first-order valence-corrected chi connectivity index (χ1v) is 18.6. The van der Waals surface area contributed by atoms with Gasteiger partial charge in [0.25, 0.3) is 0 Å². The average molecular weight is 663 g/mol. The fourth-order valence-corrected chi connectivity index (χ4v) is 9.43. The molecular weight excluding hydrogens is 619 g/mol. The van der Waals surface area contributed by atoms with E-state index >= 15 is 0 Å². The highest BCUT2D eigenvalue weighted by atomic mass is 31.1. The molecule has 0 heterocycles. The second-order valence-electron chi connectivity index (χ2n) is 12.1. The molecule has 246 valence electrons. The van der Waals surface area contributed by atoms with Gasteiger partial charge in [0, 0.05) is 37.0 Å². The zero-order chi connectivity index (χ0) is 33.7. The minimum Gasteiger partial charge on any atom is -0.456 e. The summed E-state index contributed by atoms with van der Waals surface area (Å²) in [6.45, 7) is 12.6. The highest BCUT2D eigenvalue weighted by Gasteiger charge is 2.32. The summed E-state index contributed by atoms with van der Waals surface area (Å²) < 4.78 is 19.6. The van der Waals surface area contributed by atoms with Crippen molar-refractivity contribution in [2.24, 2.45) is 0 Å². The third kappa shape index (κ3) is 6.53. The molecule has 0 saturated carbocycles. The minimum absolute atomic E-state index is 0.821. The van der Waals surface area contributed by atoms with E-state index in [1.54, 1.807) is 0 Å². The lowest BCUT2D eigenvalue weighted by Crippen LogP contribution is -2.34. The predicted molar refractivity (Wildman–Crippen MR) is 210 cm³/mol. The van der Waals surface area contributed by atoms with Crippen LogP contribution in [0.4, 0.5) is 0 Å². The maximum Gasteiger partial charge on any atom is 0.142 e. The Hall–Kier alpha value is -4.73. The second kappa shape index (κ2) is 14.8. The molecule has 0 N–H and O–H groups in total. The number of rotatable bonds is 12. The fraction of sp³-hybridized carbons (Fsp3) is 0.182. The molecule has 0 aromatic heterocycles. The molecule has 7 aromatic rings. The van der Waals surface area contributed by atoms with E-state index in [2.05, 4.69) is 177 Å². The molecule has 49 heavy (non-hydrogen) atoms. The molecule has 0 radical (unpaired) electrons. The van der Waals surface area contributed by atoms with E-state index in [-0.39, 0.29) is 0 Å². The van der Waals surface area contributed by atoms with Crippen molar-refractivity contribution in [2.45, 2.75) is 27.7 Å². The van der Waals surface area contributed by atoms with E-state index in [1.165, 1.54) is 10.8 Å². The van der Waals surface area contributed by atoms with Gasteiger partial charge in [0.15, 0.2) is 0 Å². The number of hydrogen-bond donors (Lipinski definition) is 0. The Kier molecular flexibility index (Phi) is 9.91. The van der Waals surface area contributed by atoms with Crippen molar-refractivity contribution >= 4 is 45.8 Å². The van der Waals surface area contributed by atoms with Crippen molar-refractivity contribution in [1.82, 2.24) is 9.34 Å². The topological polar surface area (TPSA) is 24.9 Å². The second-order valence-corrected chi connectivity index (χ2v) is 14.2. The minimum atomic E-state index is -1.00. The van der Waals surface area contributed by atoms with Gasteiger partial charge in [0.05, 0.1) is 13.5 Å². The van der Waals surface area contributed by atoms with Crippen molar-refractivity contribution in [1.29, 1.82) is 0 Å². The van der Waals surface area contributed by atoms with Gasteiger partial charge >= 0.3 is 0 Å². The third-order valence-electron chi connectivity index (χ3n) is 9.28. The van der Waals surface area contributed by atoms with Crippen molar-refractivity contribution in [3.05, 3.63) is 140 Å². The lowest BCUT2D eigenvalue weighted by Gasteiger charge is -2.39. The SMILES string of the molecule is CCN(CC)P(c1c(Oc2cccc3ccccc23)cc(-c2cccc3ccccc23)cc1Oc1cccc2ccccc12)N(CC)CC. The van der Waals surface area contributed by atoms with E-state index in [4.69, 9.17) is 9.47 Å². The Balaban J connectivity index is 1.55. The highest BCUT2D eigenvalue weighted by Crippen LogP contribution is 2.51. The summed E-state index contributed by atoms with van der Waals surface area (Å²) in [5, 5.41) is 7.94. The van der Waals surface area contributed by atoms with E-state index < -0.39 is 8.22 Å². The van der Waals surface area contributed by atoms with Gasteiger partial charge in [0.2, 0.25) is 0 Å². The van der Waals surface area contributed by atoms with Gasteiger partial charge in [-0.15, -0.1) is 0 Å². The van der Waals surface area contributed by atoms with Gasteiger partial charge < -0.3 is 9.47 Å². The maximum atomic E-state index is 7.21. The zero-order valence-corrected chi connectivity index (χ0v) is 29.7. The van der Waals surface area contributed by atoms with Gasteiger partial charge in [-0.25, -0.2) is 0 Å².